The number of cyclic esters (lactones) is 1. The maximum absolute atomic E-state index is 12.1. The molecule has 1 aliphatic heterocycles. The van der Waals surface area contributed by atoms with Crippen molar-refractivity contribution in [3.05, 3.63) is 66.2 Å². The summed E-state index contributed by atoms with van der Waals surface area (Å²) in [5.41, 5.74) is 1.47. The Morgan fingerprint density at radius 1 is 1.00 bits per heavy atom. The van der Waals surface area contributed by atoms with Crippen molar-refractivity contribution in [1.29, 1.82) is 0 Å². The molecule has 1 fully saturated rings. The molecule has 2 aromatic rings. The van der Waals surface area contributed by atoms with Gasteiger partial charge in [-0.05, 0) is 24.6 Å². The zero-order valence-electron chi connectivity index (χ0n) is 10.7. The standard InChI is InChI=1S/C16H15NO2/c1-16(13-8-4-2-5-9-13)12-19-15(18)17(16)14-10-6-3-7-11-14/h2-11H,12H2,1H3/t16-/m0/s1. The number of amides is 1. The molecular weight excluding hydrogens is 238 g/mol. The number of rotatable bonds is 2. The van der Waals surface area contributed by atoms with Crippen LogP contribution in [0.1, 0.15) is 12.5 Å². The first-order valence-corrected chi connectivity index (χ1v) is 6.29. The summed E-state index contributed by atoms with van der Waals surface area (Å²) in [5.74, 6) is 0. The highest BCUT2D eigenvalue weighted by Gasteiger charge is 2.45. The molecule has 0 radical (unpaired) electrons. The topological polar surface area (TPSA) is 29.5 Å². The van der Waals surface area contributed by atoms with Gasteiger partial charge in [-0.25, -0.2) is 4.79 Å². The molecule has 0 spiro atoms. The van der Waals surface area contributed by atoms with Gasteiger partial charge in [-0.3, -0.25) is 4.90 Å². The number of para-hydroxylation sites is 1. The van der Waals surface area contributed by atoms with Crippen LogP contribution in [0.2, 0.25) is 0 Å². The molecule has 3 rings (SSSR count). The quantitative estimate of drug-likeness (QED) is 0.819. The number of anilines is 1. The Hall–Kier alpha value is -2.29. The summed E-state index contributed by atoms with van der Waals surface area (Å²) in [6.07, 6.45) is -0.294. The first kappa shape index (κ1) is 11.8. The van der Waals surface area contributed by atoms with Crippen LogP contribution >= 0.6 is 0 Å². The van der Waals surface area contributed by atoms with E-state index in [0.29, 0.717) is 6.61 Å². The molecule has 1 heterocycles. The first-order chi connectivity index (χ1) is 9.22. The van der Waals surface area contributed by atoms with Gasteiger partial charge in [0.25, 0.3) is 0 Å². The minimum absolute atomic E-state index is 0.294. The summed E-state index contributed by atoms with van der Waals surface area (Å²) >= 11 is 0. The predicted molar refractivity (Wildman–Crippen MR) is 74.1 cm³/mol. The number of nitrogens with zero attached hydrogens (tertiary/aromatic N) is 1. The van der Waals surface area contributed by atoms with Crippen molar-refractivity contribution < 1.29 is 9.53 Å². The third kappa shape index (κ3) is 1.87. The molecule has 1 aliphatic rings. The van der Waals surface area contributed by atoms with Crippen molar-refractivity contribution in [3.8, 4) is 0 Å². The van der Waals surface area contributed by atoms with Gasteiger partial charge in [0, 0.05) is 5.69 Å². The second-order valence-electron chi connectivity index (χ2n) is 4.87. The average Bonchev–Trinajstić information content (AvgIpc) is 2.78. The normalized spacial score (nSPS) is 22.4. The number of carbonyl (C=O) groups excluding carboxylic acids is 1. The highest BCUT2D eigenvalue weighted by molar-refractivity contribution is 5.91. The number of ether oxygens (including phenoxy) is 1. The fourth-order valence-electron chi connectivity index (χ4n) is 2.51. The lowest BCUT2D eigenvalue weighted by Crippen LogP contribution is -2.42. The van der Waals surface area contributed by atoms with Gasteiger partial charge in [-0.1, -0.05) is 48.5 Å². The summed E-state index contributed by atoms with van der Waals surface area (Å²) in [4.78, 5) is 13.8. The maximum Gasteiger partial charge on any atom is 0.415 e. The SMILES string of the molecule is C[C@@]1(c2ccccc2)COC(=O)N1c1ccccc1. The van der Waals surface area contributed by atoms with Crippen molar-refractivity contribution in [1.82, 2.24) is 0 Å². The third-order valence-electron chi connectivity index (χ3n) is 3.56. The molecular formula is C16H15NO2. The molecule has 3 heteroatoms. The fraction of sp³-hybridized carbons (Fsp3) is 0.188. The lowest BCUT2D eigenvalue weighted by atomic mass is 9.91. The zero-order chi connectivity index (χ0) is 13.3. The molecule has 0 aliphatic carbocycles. The van der Waals surface area contributed by atoms with Crippen LogP contribution in [0.4, 0.5) is 10.5 Å². The Morgan fingerprint density at radius 3 is 2.21 bits per heavy atom. The summed E-state index contributed by atoms with van der Waals surface area (Å²) < 4.78 is 5.28. The number of hydrogen-bond acceptors (Lipinski definition) is 2. The van der Waals surface area contributed by atoms with Crippen molar-refractivity contribution >= 4 is 11.8 Å². The van der Waals surface area contributed by atoms with E-state index in [0.717, 1.165) is 11.3 Å². The molecule has 0 aromatic heterocycles. The van der Waals surface area contributed by atoms with E-state index in [9.17, 15) is 4.79 Å². The molecule has 0 saturated carbocycles. The Morgan fingerprint density at radius 2 is 1.58 bits per heavy atom. The molecule has 1 atom stereocenters. The Balaban J connectivity index is 2.08. The summed E-state index contributed by atoms with van der Waals surface area (Å²) in [7, 11) is 0. The molecule has 3 nitrogen and oxygen atoms in total. The Labute approximate surface area is 112 Å². The first-order valence-electron chi connectivity index (χ1n) is 6.29. The largest absolute Gasteiger partial charge is 0.446 e. The van der Waals surface area contributed by atoms with Crippen LogP contribution in [0.5, 0.6) is 0 Å². The third-order valence-corrected chi connectivity index (χ3v) is 3.56. The van der Waals surface area contributed by atoms with E-state index in [1.54, 1.807) is 4.90 Å². The lowest BCUT2D eigenvalue weighted by molar-refractivity contribution is 0.174. The predicted octanol–water partition coefficient (Wildman–Crippen LogP) is 3.56. The van der Waals surface area contributed by atoms with Crippen molar-refractivity contribution in [2.75, 3.05) is 11.5 Å². The molecule has 1 saturated heterocycles. The molecule has 0 bridgehead atoms. The molecule has 1 amide bonds. The van der Waals surface area contributed by atoms with E-state index >= 15 is 0 Å². The number of benzene rings is 2. The van der Waals surface area contributed by atoms with Crippen molar-refractivity contribution in [2.45, 2.75) is 12.5 Å². The summed E-state index contributed by atoms with van der Waals surface area (Å²) in [5, 5.41) is 0. The Bertz CT molecular complexity index is 582. The second-order valence-corrected chi connectivity index (χ2v) is 4.87. The van der Waals surface area contributed by atoms with Gasteiger partial charge in [0.1, 0.15) is 12.1 Å². The number of carbonyl (C=O) groups is 1. The van der Waals surface area contributed by atoms with E-state index in [4.69, 9.17) is 4.74 Å². The van der Waals surface area contributed by atoms with Gasteiger partial charge >= 0.3 is 6.09 Å². The van der Waals surface area contributed by atoms with Gasteiger partial charge in [-0.2, -0.15) is 0 Å². The van der Waals surface area contributed by atoms with Crippen LogP contribution in [0.3, 0.4) is 0 Å². The molecule has 96 valence electrons. The van der Waals surface area contributed by atoms with Crippen LogP contribution < -0.4 is 4.90 Å². The highest BCUT2D eigenvalue weighted by Crippen LogP contribution is 2.37. The zero-order valence-corrected chi connectivity index (χ0v) is 10.7. The van der Waals surface area contributed by atoms with E-state index in [2.05, 4.69) is 0 Å². The minimum Gasteiger partial charge on any atom is -0.446 e. The van der Waals surface area contributed by atoms with Crippen LogP contribution in [-0.4, -0.2) is 12.7 Å². The van der Waals surface area contributed by atoms with Crippen molar-refractivity contribution in [2.24, 2.45) is 0 Å². The van der Waals surface area contributed by atoms with E-state index in [1.165, 1.54) is 0 Å². The van der Waals surface area contributed by atoms with Crippen LogP contribution in [0, 0.1) is 0 Å². The Kier molecular flexibility index (Phi) is 2.75. The smallest absolute Gasteiger partial charge is 0.415 e. The monoisotopic (exact) mass is 253 g/mol. The van der Waals surface area contributed by atoms with Crippen LogP contribution in [-0.2, 0) is 10.3 Å². The van der Waals surface area contributed by atoms with Gasteiger partial charge in [-0.15, -0.1) is 0 Å². The van der Waals surface area contributed by atoms with E-state index in [1.807, 2.05) is 67.6 Å². The van der Waals surface area contributed by atoms with Gasteiger partial charge < -0.3 is 4.74 Å². The van der Waals surface area contributed by atoms with Crippen LogP contribution in [0.15, 0.2) is 60.7 Å². The molecule has 0 unspecified atom stereocenters. The lowest BCUT2D eigenvalue weighted by Gasteiger charge is -2.32. The van der Waals surface area contributed by atoms with E-state index in [-0.39, 0.29) is 6.09 Å². The molecule has 19 heavy (non-hydrogen) atoms. The summed E-state index contributed by atoms with van der Waals surface area (Å²) in [6.45, 7) is 2.39. The maximum atomic E-state index is 12.1. The summed E-state index contributed by atoms with van der Waals surface area (Å²) in [6, 6.07) is 19.6. The molecule has 2 aromatic carbocycles. The highest BCUT2D eigenvalue weighted by atomic mass is 16.6. The van der Waals surface area contributed by atoms with Gasteiger partial charge in [0.2, 0.25) is 0 Å². The second kappa shape index (κ2) is 4.43. The van der Waals surface area contributed by atoms with Crippen LogP contribution in [0.25, 0.3) is 0 Å². The average molecular weight is 253 g/mol. The number of hydrogen-bond donors (Lipinski definition) is 0. The van der Waals surface area contributed by atoms with Gasteiger partial charge in [0.15, 0.2) is 0 Å². The van der Waals surface area contributed by atoms with E-state index < -0.39 is 5.54 Å². The minimum atomic E-state index is -0.459. The fourth-order valence-corrected chi connectivity index (χ4v) is 2.51. The van der Waals surface area contributed by atoms with Gasteiger partial charge in [0.05, 0.1) is 0 Å². The van der Waals surface area contributed by atoms with Crippen molar-refractivity contribution in [3.63, 3.8) is 0 Å². The molecule has 0 N–H and O–H groups in total.